The van der Waals surface area contributed by atoms with Crippen molar-refractivity contribution in [2.45, 2.75) is 38.5 Å². The molecule has 6 heteroatoms. The molecule has 1 aliphatic rings. The molecule has 1 atom stereocenters. The molecule has 0 aliphatic carbocycles. The van der Waals surface area contributed by atoms with Crippen molar-refractivity contribution in [1.29, 1.82) is 0 Å². The van der Waals surface area contributed by atoms with Crippen molar-refractivity contribution in [2.24, 2.45) is 0 Å². The third kappa shape index (κ3) is 5.59. The summed E-state index contributed by atoms with van der Waals surface area (Å²) in [5, 5.41) is 3.67. The Morgan fingerprint density at radius 2 is 2.18 bits per heavy atom. The van der Waals surface area contributed by atoms with Crippen LogP contribution in [0.2, 0.25) is 0 Å². The maximum Gasteiger partial charge on any atom is 0.214 e. The summed E-state index contributed by atoms with van der Waals surface area (Å²) in [6, 6.07) is 0.420. The third-order valence-electron chi connectivity index (χ3n) is 2.73. The van der Waals surface area contributed by atoms with Crippen LogP contribution in [-0.2, 0) is 10.0 Å². The average molecular weight is 280 g/mol. The first-order valence-corrected chi connectivity index (χ1v) is 8.90. The van der Waals surface area contributed by atoms with Gasteiger partial charge in [-0.25, -0.2) is 12.7 Å². The fraction of sp³-hybridized carbons (Fsp3) is 1.00. The van der Waals surface area contributed by atoms with Crippen LogP contribution in [0.1, 0.15) is 27.2 Å². The maximum absolute atomic E-state index is 12.1. The molecule has 4 nitrogen and oxygen atoms in total. The summed E-state index contributed by atoms with van der Waals surface area (Å²) in [6.45, 7) is 8.34. The molecule has 0 aromatic heterocycles. The summed E-state index contributed by atoms with van der Waals surface area (Å²) in [7, 11) is -3.03. The highest BCUT2D eigenvalue weighted by atomic mass is 32.2. The van der Waals surface area contributed by atoms with Gasteiger partial charge in [0.15, 0.2) is 0 Å². The van der Waals surface area contributed by atoms with E-state index in [1.54, 1.807) is 4.31 Å². The van der Waals surface area contributed by atoms with Crippen LogP contribution in [0.3, 0.4) is 0 Å². The highest BCUT2D eigenvalue weighted by Crippen LogP contribution is 2.20. The zero-order chi connectivity index (χ0) is 12.9. The molecule has 1 heterocycles. The molecule has 1 unspecified atom stereocenters. The number of sulfonamides is 1. The van der Waals surface area contributed by atoms with E-state index >= 15 is 0 Å². The standard InChI is InChI=1S/C11H24N2O2S2/c1-10(2)12-5-4-8-17(14,15)13-6-7-16-11(3)9-13/h10-12H,4-9H2,1-3H3. The average Bonchev–Trinajstić information content (AvgIpc) is 2.24. The van der Waals surface area contributed by atoms with Crippen LogP contribution in [0.4, 0.5) is 0 Å². The lowest BCUT2D eigenvalue weighted by atomic mass is 10.4. The molecule has 102 valence electrons. The van der Waals surface area contributed by atoms with Gasteiger partial charge in [-0.3, -0.25) is 0 Å². The van der Waals surface area contributed by atoms with Crippen LogP contribution < -0.4 is 5.32 Å². The molecule has 0 saturated carbocycles. The van der Waals surface area contributed by atoms with E-state index in [1.807, 2.05) is 11.8 Å². The quantitative estimate of drug-likeness (QED) is 0.741. The Morgan fingerprint density at radius 3 is 2.76 bits per heavy atom. The highest BCUT2D eigenvalue weighted by molar-refractivity contribution is 8.00. The van der Waals surface area contributed by atoms with Gasteiger partial charge in [0.05, 0.1) is 5.75 Å². The Hall–Kier alpha value is 0.220. The topological polar surface area (TPSA) is 49.4 Å². The first-order valence-electron chi connectivity index (χ1n) is 6.24. The number of thioether (sulfide) groups is 1. The SMILES string of the molecule is CC(C)NCCCS(=O)(=O)N1CCSC(C)C1. The second kappa shape index (κ2) is 6.97. The molecule has 0 aromatic rings. The molecular formula is C11H24N2O2S2. The van der Waals surface area contributed by atoms with Gasteiger partial charge in [0.1, 0.15) is 0 Å². The van der Waals surface area contributed by atoms with Gasteiger partial charge in [-0.2, -0.15) is 11.8 Å². The number of hydrogen-bond acceptors (Lipinski definition) is 4. The second-order valence-electron chi connectivity index (χ2n) is 4.82. The Balaban J connectivity index is 2.34. The number of rotatable bonds is 6. The lowest BCUT2D eigenvalue weighted by Crippen LogP contribution is -2.42. The van der Waals surface area contributed by atoms with E-state index in [0.29, 0.717) is 30.8 Å². The van der Waals surface area contributed by atoms with Gasteiger partial charge in [0.25, 0.3) is 0 Å². The zero-order valence-electron chi connectivity index (χ0n) is 11.0. The summed E-state index contributed by atoms with van der Waals surface area (Å²) in [5.41, 5.74) is 0. The molecule has 17 heavy (non-hydrogen) atoms. The zero-order valence-corrected chi connectivity index (χ0v) is 12.6. The van der Waals surface area contributed by atoms with E-state index in [4.69, 9.17) is 0 Å². The predicted molar refractivity (Wildman–Crippen MR) is 75.0 cm³/mol. The smallest absolute Gasteiger partial charge is 0.214 e. The van der Waals surface area contributed by atoms with Crippen LogP contribution in [-0.4, -0.2) is 55.2 Å². The van der Waals surface area contributed by atoms with Gasteiger partial charge >= 0.3 is 0 Å². The highest BCUT2D eigenvalue weighted by Gasteiger charge is 2.26. The maximum atomic E-state index is 12.1. The molecule has 0 amide bonds. The predicted octanol–water partition coefficient (Wildman–Crippen LogP) is 1.14. The minimum Gasteiger partial charge on any atom is -0.314 e. The fourth-order valence-corrected chi connectivity index (χ4v) is 4.62. The molecule has 0 bridgehead atoms. The number of nitrogens with one attached hydrogen (secondary N) is 1. The second-order valence-corrected chi connectivity index (χ2v) is 8.45. The van der Waals surface area contributed by atoms with E-state index in [1.165, 1.54) is 0 Å². The molecular weight excluding hydrogens is 256 g/mol. The van der Waals surface area contributed by atoms with E-state index in [9.17, 15) is 8.42 Å². The Kier molecular flexibility index (Phi) is 6.26. The lowest BCUT2D eigenvalue weighted by molar-refractivity contribution is 0.422. The van der Waals surface area contributed by atoms with Crippen LogP contribution in [0.5, 0.6) is 0 Å². The Bertz CT molecular complexity index is 317. The van der Waals surface area contributed by atoms with Gasteiger partial charge in [-0.1, -0.05) is 20.8 Å². The van der Waals surface area contributed by atoms with Crippen molar-refractivity contribution in [2.75, 3.05) is 31.1 Å². The molecule has 1 N–H and O–H groups in total. The van der Waals surface area contributed by atoms with Crippen molar-refractivity contribution < 1.29 is 8.42 Å². The monoisotopic (exact) mass is 280 g/mol. The molecule has 1 aliphatic heterocycles. The van der Waals surface area contributed by atoms with Gasteiger partial charge in [-0.05, 0) is 13.0 Å². The van der Waals surface area contributed by atoms with Crippen molar-refractivity contribution in [3.63, 3.8) is 0 Å². The van der Waals surface area contributed by atoms with Gasteiger partial charge in [0.2, 0.25) is 10.0 Å². The molecule has 0 aromatic carbocycles. The van der Waals surface area contributed by atoms with Crippen LogP contribution in [0, 0.1) is 0 Å². The van der Waals surface area contributed by atoms with Crippen molar-refractivity contribution in [3.05, 3.63) is 0 Å². The fourth-order valence-electron chi connectivity index (χ4n) is 1.81. The number of nitrogens with zero attached hydrogens (tertiary/aromatic N) is 1. The largest absolute Gasteiger partial charge is 0.314 e. The molecule has 1 fully saturated rings. The minimum atomic E-state index is -3.03. The normalized spacial score (nSPS) is 23.2. The first kappa shape index (κ1) is 15.3. The Morgan fingerprint density at radius 1 is 1.47 bits per heavy atom. The summed E-state index contributed by atoms with van der Waals surface area (Å²) in [5.74, 6) is 1.19. The van der Waals surface area contributed by atoms with Crippen LogP contribution >= 0.6 is 11.8 Å². The summed E-state index contributed by atoms with van der Waals surface area (Å²) >= 11 is 1.85. The lowest BCUT2D eigenvalue weighted by Gasteiger charge is -2.29. The molecule has 1 rings (SSSR count). The summed E-state index contributed by atoms with van der Waals surface area (Å²) in [4.78, 5) is 0. The molecule has 0 spiro atoms. The molecule has 0 radical (unpaired) electrons. The minimum absolute atomic E-state index is 0.268. The van der Waals surface area contributed by atoms with Crippen molar-refractivity contribution in [1.82, 2.24) is 9.62 Å². The van der Waals surface area contributed by atoms with Crippen molar-refractivity contribution in [3.8, 4) is 0 Å². The van der Waals surface area contributed by atoms with Crippen LogP contribution in [0.15, 0.2) is 0 Å². The first-order chi connectivity index (χ1) is 7.92. The van der Waals surface area contributed by atoms with Gasteiger partial charge in [-0.15, -0.1) is 0 Å². The van der Waals surface area contributed by atoms with Gasteiger partial charge in [0, 0.05) is 30.1 Å². The third-order valence-corrected chi connectivity index (χ3v) is 5.79. The molecule has 1 saturated heterocycles. The van der Waals surface area contributed by atoms with Crippen LogP contribution in [0.25, 0.3) is 0 Å². The number of hydrogen-bond donors (Lipinski definition) is 1. The summed E-state index contributed by atoms with van der Waals surface area (Å²) < 4.78 is 25.8. The van der Waals surface area contributed by atoms with E-state index in [2.05, 4.69) is 26.1 Å². The van der Waals surface area contributed by atoms with Gasteiger partial charge < -0.3 is 5.32 Å². The van der Waals surface area contributed by atoms with Crippen molar-refractivity contribution >= 4 is 21.8 Å². The van der Waals surface area contributed by atoms with E-state index in [0.717, 1.165) is 12.3 Å². The van der Waals surface area contributed by atoms with E-state index < -0.39 is 10.0 Å². The Labute approximate surface area is 110 Å². The summed E-state index contributed by atoms with van der Waals surface area (Å²) in [6.07, 6.45) is 0.693. The van der Waals surface area contributed by atoms with E-state index in [-0.39, 0.29) is 5.75 Å².